The highest BCUT2D eigenvalue weighted by molar-refractivity contribution is 6.00. The molecule has 1 aromatic rings. The van der Waals surface area contributed by atoms with Crippen molar-refractivity contribution in [3.63, 3.8) is 0 Å². The summed E-state index contributed by atoms with van der Waals surface area (Å²) in [5.74, 6) is 1.55. The molecule has 0 bridgehead atoms. The Hall–Kier alpha value is -1.31. The van der Waals surface area contributed by atoms with E-state index in [0.717, 1.165) is 30.4 Å². The van der Waals surface area contributed by atoms with E-state index in [2.05, 4.69) is 36.9 Å². The second kappa shape index (κ2) is 6.74. The fourth-order valence-electron chi connectivity index (χ4n) is 2.74. The minimum atomic E-state index is 0.720. The van der Waals surface area contributed by atoms with Crippen molar-refractivity contribution >= 4 is 5.84 Å². The van der Waals surface area contributed by atoms with Crippen LogP contribution in [0.5, 0.6) is 0 Å². The molecule has 0 atom stereocenters. The molecular weight excluding hydrogens is 232 g/mol. The molecule has 0 saturated heterocycles. The van der Waals surface area contributed by atoms with Crippen molar-refractivity contribution in [2.75, 3.05) is 6.54 Å². The molecule has 0 saturated carbocycles. The Balaban J connectivity index is 1.67. The van der Waals surface area contributed by atoms with Crippen molar-refractivity contribution in [3.8, 4) is 0 Å². The molecule has 2 rings (SSSR count). The number of hydrogen-bond donors (Lipinski definition) is 1. The van der Waals surface area contributed by atoms with Gasteiger partial charge in [-0.2, -0.15) is 0 Å². The van der Waals surface area contributed by atoms with Crippen molar-refractivity contribution in [2.24, 2.45) is 5.92 Å². The Kier molecular flexibility index (Phi) is 5.00. The molecule has 1 heterocycles. The third-order valence-electron chi connectivity index (χ3n) is 3.91. The maximum Gasteiger partial charge on any atom is 0.128 e. The average molecular weight is 258 g/mol. The lowest BCUT2D eigenvalue weighted by Gasteiger charge is -2.17. The highest BCUT2D eigenvalue weighted by Gasteiger charge is 2.22. The third-order valence-corrected chi connectivity index (χ3v) is 3.91. The Morgan fingerprint density at radius 3 is 2.58 bits per heavy atom. The quantitative estimate of drug-likeness (QED) is 0.719. The van der Waals surface area contributed by atoms with Crippen LogP contribution in [0.2, 0.25) is 0 Å². The molecule has 2 nitrogen and oxygen atoms in total. The van der Waals surface area contributed by atoms with Gasteiger partial charge in [-0.05, 0) is 17.9 Å². The topological polar surface area (TPSA) is 27.1 Å². The largest absolute Gasteiger partial charge is 0.352 e. The van der Waals surface area contributed by atoms with Gasteiger partial charge in [-0.3, -0.25) is 5.41 Å². The Labute approximate surface area is 117 Å². The van der Waals surface area contributed by atoms with Crippen LogP contribution in [0.25, 0.3) is 0 Å². The highest BCUT2D eigenvalue weighted by atomic mass is 15.2. The van der Waals surface area contributed by atoms with E-state index in [1.54, 1.807) is 0 Å². The summed E-state index contributed by atoms with van der Waals surface area (Å²) in [5.41, 5.74) is 2.44. The molecule has 104 valence electrons. The van der Waals surface area contributed by atoms with Crippen molar-refractivity contribution in [1.29, 1.82) is 5.41 Å². The van der Waals surface area contributed by atoms with Gasteiger partial charge in [0.1, 0.15) is 5.84 Å². The van der Waals surface area contributed by atoms with Crippen LogP contribution in [-0.2, 0) is 6.54 Å². The second-order valence-corrected chi connectivity index (χ2v) is 6.02. The molecule has 2 heteroatoms. The van der Waals surface area contributed by atoms with Crippen molar-refractivity contribution in [3.05, 3.63) is 35.4 Å². The fraction of sp³-hybridized carbons (Fsp3) is 0.588. The molecule has 0 radical (unpaired) electrons. The molecule has 0 aromatic heterocycles. The molecule has 1 N–H and O–H groups in total. The lowest BCUT2D eigenvalue weighted by Crippen LogP contribution is -2.24. The molecular formula is C17H26N2. The first-order valence-electron chi connectivity index (χ1n) is 7.60. The molecule has 19 heavy (non-hydrogen) atoms. The first-order valence-corrected chi connectivity index (χ1v) is 7.60. The number of fused-ring (bicyclic) bond motifs is 1. The molecule has 1 aliphatic rings. The Bertz CT molecular complexity index is 423. The fourth-order valence-corrected chi connectivity index (χ4v) is 2.74. The van der Waals surface area contributed by atoms with Crippen LogP contribution in [-0.4, -0.2) is 17.3 Å². The number of rotatable bonds is 7. The average Bonchev–Trinajstić information content (AvgIpc) is 2.71. The summed E-state index contributed by atoms with van der Waals surface area (Å²) in [4.78, 5) is 2.22. The van der Waals surface area contributed by atoms with Gasteiger partial charge in [0.2, 0.25) is 0 Å². The van der Waals surface area contributed by atoms with Crippen LogP contribution in [0, 0.1) is 11.3 Å². The van der Waals surface area contributed by atoms with E-state index >= 15 is 0 Å². The number of nitrogens with one attached hydrogen (secondary N) is 1. The number of unbranched alkanes of at least 4 members (excludes halogenated alkanes) is 3. The number of amidine groups is 1. The molecule has 1 aromatic carbocycles. The summed E-state index contributed by atoms with van der Waals surface area (Å²) in [6.07, 6.45) is 6.56. The van der Waals surface area contributed by atoms with Crippen LogP contribution in [0.4, 0.5) is 0 Å². The van der Waals surface area contributed by atoms with Gasteiger partial charge >= 0.3 is 0 Å². The molecule has 1 aliphatic heterocycles. The molecule has 0 amide bonds. The van der Waals surface area contributed by atoms with Crippen molar-refractivity contribution < 1.29 is 0 Å². The molecule has 0 spiro atoms. The number of hydrogen-bond acceptors (Lipinski definition) is 1. The van der Waals surface area contributed by atoms with E-state index in [0.29, 0.717) is 0 Å². The predicted octanol–water partition coefficient (Wildman–Crippen LogP) is 4.43. The van der Waals surface area contributed by atoms with Gasteiger partial charge in [-0.1, -0.05) is 63.8 Å². The lowest BCUT2D eigenvalue weighted by molar-refractivity contribution is 0.404. The number of nitrogens with zero attached hydrogens (tertiary/aromatic N) is 1. The van der Waals surface area contributed by atoms with Gasteiger partial charge in [0, 0.05) is 18.7 Å². The van der Waals surface area contributed by atoms with E-state index in [1.807, 2.05) is 6.07 Å². The van der Waals surface area contributed by atoms with Gasteiger partial charge in [0.15, 0.2) is 0 Å². The molecule has 0 unspecified atom stereocenters. The molecule has 0 aliphatic carbocycles. The van der Waals surface area contributed by atoms with Gasteiger partial charge in [0.25, 0.3) is 0 Å². The number of benzene rings is 1. The zero-order valence-corrected chi connectivity index (χ0v) is 12.3. The maximum atomic E-state index is 8.19. The second-order valence-electron chi connectivity index (χ2n) is 6.02. The normalized spacial score (nSPS) is 14.3. The monoisotopic (exact) mass is 258 g/mol. The summed E-state index contributed by atoms with van der Waals surface area (Å²) in [7, 11) is 0. The van der Waals surface area contributed by atoms with Gasteiger partial charge in [-0.25, -0.2) is 0 Å². The first kappa shape index (κ1) is 14.1. The Morgan fingerprint density at radius 2 is 1.84 bits per heavy atom. The highest BCUT2D eigenvalue weighted by Crippen LogP contribution is 2.22. The Morgan fingerprint density at radius 1 is 1.11 bits per heavy atom. The van der Waals surface area contributed by atoms with Crippen molar-refractivity contribution in [2.45, 2.75) is 52.5 Å². The summed E-state index contributed by atoms with van der Waals surface area (Å²) < 4.78 is 0. The van der Waals surface area contributed by atoms with Crippen LogP contribution < -0.4 is 0 Å². The smallest absolute Gasteiger partial charge is 0.128 e. The molecule has 0 fully saturated rings. The minimum absolute atomic E-state index is 0.720. The predicted molar refractivity (Wildman–Crippen MR) is 81.6 cm³/mol. The van der Waals surface area contributed by atoms with Crippen LogP contribution in [0.1, 0.15) is 57.1 Å². The first-order chi connectivity index (χ1) is 9.18. The summed E-state index contributed by atoms with van der Waals surface area (Å²) in [6.45, 7) is 6.56. The van der Waals surface area contributed by atoms with Gasteiger partial charge < -0.3 is 4.90 Å². The zero-order chi connectivity index (χ0) is 13.7. The standard InChI is InChI=1S/C17H26N2/c1-14(2)9-5-3-4-8-12-19-13-15-10-6-7-11-16(15)17(19)18/h6-7,10-11,14,18H,3-5,8-9,12-13H2,1-2H3. The summed E-state index contributed by atoms with van der Waals surface area (Å²) in [5, 5.41) is 8.19. The van der Waals surface area contributed by atoms with Crippen molar-refractivity contribution in [1.82, 2.24) is 4.90 Å². The third kappa shape index (κ3) is 3.82. The van der Waals surface area contributed by atoms with Crippen LogP contribution in [0.15, 0.2) is 24.3 Å². The van der Waals surface area contributed by atoms with E-state index in [4.69, 9.17) is 5.41 Å². The SMILES string of the molecule is CC(C)CCCCCCN1Cc2ccccc2C1=N. The van der Waals surface area contributed by atoms with Gasteiger partial charge in [-0.15, -0.1) is 0 Å². The van der Waals surface area contributed by atoms with E-state index < -0.39 is 0 Å². The maximum absolute atomic E-state index is 8.19. The van der Waals surface area contributed by atoms with E-state index in [-0.39, 0.29) is 0 Å². The summed E-state index contributed by atoms with van der Waals surface area (Å²) in [6, 6.07) is 8.32. The zero-order valence-electron chi connectivity index (χ0n) is 12.3. The minimum Gasteiger partial charge on any atom is -0.352 e. The van der Waals surface area contributed by atoms with Gasteiger partial charge in [0.05, 0.1) is 0 Å². The van der Waals surface area contributed by atoms with Crippen LogP contribution in [0.3, 0.4) is 0 Å². The van der Waals surface area contributed by atoms with E-state index in [9.17, 15) is 0 Å². The summed E-state index contributed by atoms with van der Waals surface area (Å²) >= 11 is 0. The van der Waals surface area contributed by atoms with Crippen LogP contribution >= 0.6 is 0 Å². The van der Waals surface area contributed by atoms with E-state index in [1.165, 1.54) is 37.7 Å². The lowest BCUT2D eigenvalue weighted by atomic mass is 10.0.